The van der Waals surface area contributed by atoms with Gasteiger partial charge in [-0.1, -0.05) is 191 Å². The lowest BCUT2D eigenvalue weighted by atomic mass is 9.70. The Morgan fingerprint density at radius 1 is 0.477 bits per heavy atom. The van der Waals surface area contributed by atoms with Gasteiger partial charge in [0.05, 0.1) is 11.0 Å². The molecule has 2 nitrogen and oxygen atoms in total. The van der Waals surface area contributed by atoms with Gasteiger partial charge < -0.3 is 9.47 Å². The number of rotatable bonds is 8. The van der Waals surface area contributed by atoms with Gasteiger partial charge in [-0.2, -0.15) is 0 Å². The standard InChI is InChI=1S/C62H49N2P/c1-61(2)55-25-15-16-26-56(55)62(3)40-39-49(42-59(61)62)63(48-33-35-52(36-34-48)65(50-20-9-5-10-21-50)51-22-11-6-12-23-51)47-31-27-43(28-32-47)45-30-37-57-54(41-45)60-53-24-14-13-17-44(53)29-38-58(60)64(57)46-18-7-4-8-19-46/h4-39,41-42H,40H2,1-3H3. The van der Waals surface area contributed by atoms with E-state index in [1.54, 1.807) is 0 Å². The fourth-order valence-corrected chi connectivity index (χ4v) is 13.4. The van der Waals surface area contributed by atoms with Gasteiger partial charge >= 0.3 is 0 Å². The van der Waals surface area contributed by atoms with E-state index in [1.807, 2.05) is 0 Å². The Balaban J connectivity index is 0.974. The quantitative estimate of drug-likeness (QED) is 0.138. The molecule has 3 heteroatoms. The number of anilines is 2. The third kappa shape index (κ3) is 6.42. The van der Waals surface area contributed by atoms with Gasteiger partial charge in [-0.3, -0.25) is 0 Å². The molecule has 1 unspecified atom stereocenters. The van der Waals surface area contributed by atoms with Crippen LogP contribution in [-0.2, 0) is 10.8 Å². The first-order valence-electron chi connectivity index (χ1n) is 22.8. The topological polar surface area (TPSA) is 8.17 Å². The van der Waals surface area contributed by atoms with Gasteiger partial charge in [0.25, 0.3) is 0 Å². The summed E-state index contributed by atoms with van der Waals surface area (Å²) in [6.07, 6.45) is 5.93. The van der Waals surface area contributed by atoms with Crippen LogP contribution < -0.4 is 20.8 Å². The molecule has 0 saturated carbocycles. The maximum Gasteiger partial charge on any atom is 0.0547 e. The molecule has 1 heterocycles. The van der Waals surface area contributed by atoms with Gasteiger partial charge in [0, 0.05) is 44.4 Å². The van der Waals surface area contributed by atoms with Crippen LogP contribution in [0.25, 0.3) is 49.4 Å². The second-order valence-corrected chi connectivity index (χ2v) is 20.6. The van der Waals surface area contributed by atoms with Crippen molar-refractivity contribution in [3.8, 4) is 16.8 Å². The maximum absolute atomic E-state index is 2.51. The molecule has 65 heavy (non-hydrogen) atoms. The van der Waals surface area contributed by atoms with Gasteiger partial charge in [0.2, 0.25) is 0 Å². The van der Waals surface area contributed by atoms with Crippen LogP contribution >= 0.6 is 7.92 Å². The number of para-hydroxylation sites is 1. The second kappa shape index (κ2) is 15.5. The smallest absolute Gasteiger partial charge is 0.0547 e. The monoisotopic (exact) mass is 852 g/mol. The summed E-state index contributed by atoms with van der Waals surface area (Å²) in [5, 5.41) is 9.13. The van der Waals surface area contributed by atoms with Crippen molar-refractivity contribution in [2.24, 2.45) is 0 Å². The van der Waals surface area contributed by atoms with Crippen molar-refractivity contribution in [2.75, 3.05) is 4.90 Å². The maximum atomic E-state index is 2.51. The minimum absolute atomic E-state index is 0.0439. The molecule has 2 aliphatic rings. The van der Waals surface area contributed by atoms with E-state index in [0.29, 0.717) is 0 Å². The molecule has 2 aliphatic carbocycles. The van der Waals surface area contributed by atoms with E-state index in [1.165, 1.54) is 87.7 Å². The Hall–Kier alpha value is -7.25. The van der Waals surface area contributed by atoms with Crippen molar-refractivity contribution in [3.63, 3.8) is 0 Å². The van der Waals surface area contributed by atoms with E-state index < -0.39 is 7.92 Å². The van der Waals surface area contributed by atoms with Gasteiger partial charge in [-0.15, -0.1) is 0 Å². The van der Waals surface area contributed by atoms with Crippen molar-refractivity contribution in [1.29, 1.82) is 0 Å². The molecule has 0 fully saturated rings. The summed E-state index contributed by atoms with van der Waals surface area (Å²) in [5.41, 5.74) is 13.8. The molecule has 0 aliphatic heterocycles. The van der Waals surface area contributed by atoms with Crippen LogP contribution in [-0.4, -0.2) is 4.57 Å². The van der Waals surface area contributed by atoms with E-state index >= 15 is 0 Å². The molecule has 0 spiro atoms. The summed E-state index contributed by atoms with van der Waals surface area (Å²) < 4.78 is 2.41. The molecular weight excluding hydrogens is 804 g/mol. The molecule has 312 valence electrons. The predicted molar refractivity (Wildman–Crippen MR) is 279 cm³/mol. The van der Waals surface area contributed by atoms with Crippen molar-refractivity contribution in [1.82, 2.24) is 4.57 Å². The lowest BCUT2D eigenvalue weighted by Crippen LogP contribution is -2.30. The van der Waals surface area contributed by atoms with E-state index in [-0.39, 0.29) is 10.8 Å². The number of fused-ring (bicyclic) bond motifs is 8. The SMILES string of the molecule is CC1(C)C2=CC(N(c3ccc(-c4ccc5c(c4)c4c6ccccc6ccc4n5-c4ccccc4)cc3)c3ccc(P(c4ccccc4)c4ccccc4)cc3)=CCC2(C)c2ccccc21. The Labute approximate surface area is 383 Å². The Bertz CT molecular complexity index is 3430. The summed E-state index contributed by atoms with van der Waals surface area (Å²) in [4.78, 5) is 2.48. The minimum Gasteiger partial charge on any atom is -0.311 e. The van der Waals surface area contributed by atoms with Crippen LogP contribution in [0.1, 0.15) is 38.3 Å². The Morgan fingerprint density at radius 2 is 1.03 bits per heavy atom. The highest BCUT2D eigenvalue weighted by molar-refractivity contribution is 7.79. The van der Waals surface area contributed by atoms with Gasteiger partial charge in [-0.25, -0.2) is 0 Å². The third-order valence-electron chi connectivity index (χ3n) is 14.3. The van der Waals surface area contributed by atoms with Crippen molar-refractivity contribution in [2.45, 2.75) is 38.0 Å². The fourth-order valence-electron chi connectivity index (χ4n) is 11.1. The average Bonchev–Trinajstić information content (AvgIpc) is 3.79. The summed E-state index contributed by atoms with van der Waals surface area (Å²) in [6, 6.07) is 80.8. The molecule has 9 aromatic carbocycles. The highest BCUT2D eigenvalue weighted by Crippen LogP contribution is 2.57. The first-order valence-corrected chi connectivity index (χ1v) is 24.2. The molecule has 12 rings (SSSR count). The second-order valence-electron chi connectivity index (χ2n) is 18.4. The zero-order chi connectivity index (χ0) is 43.7. The molecule has 0 amide bonds. The molecule has 0 N–H and O–H groups in total. The molecule has 1 atom stereocenters. The molecule has 0 radical (unpaired) electrons. The van der Waals surface area contributed by atoms with Crippen LogP contribution in [0.15, 0.2) is 242 Å². The minimum atomic E-state index is -0.723. The van der Waals surface area contributed by atoms with Gasteiger partial charge in [0.15, 0.2) is 0 Å². The van der Waals surface area contributed by atoms with Crippen molar-refractivity contribution in [3.05, 3.63) is 253 Å². The zero-order valence-corrected chi connectivity index (χ0v) is 37.9. The molecule has 1 aromatic heterocycles. The highest BCUT2D eigenvalue weighted by Gasteiger charge is 2.50. The molecule has 0 saturated heterocycles. The molecule has 0 bridgehead atoms. The summed E-state index contributed by atoms with van der Waals surface area (Å²) in [7, 11) is -0.723. The number of hydrogen-bond acceptors (Lipinski definition) is 1. The normalized spacial score (nSPS) is 16.4. The van der Waals surface area contributed by atoms with Crippen molar-refractivity contribution < 1.29 is 0 Å². The third-order valence-corrected chi connectivity index (χ3v) is 16.7. The Kier molecular flexibility index (Phi) is 9.37. The highest BCUT2D eigenvalue weighted by atomic mass is 31.1. The van der Waals surface area contributed by atoms with E-state index in [4.69, 9.17) is 0 Å². The first kappa shape index (κ1) is 39.3. The van der Waals surface area contributed by atoms with Crippen LogP contribution in [0.3, 0.4) is 0 Å². The largest absolute Gasteiger partial charge is 0.311 e. The zero-order valence-electron chi connectivity index (χ0n) is 37.0. The molecular formula is C62H49N2P. The summed E-state index contributed by atoms with van der Waals surface area (Å²) in [6.45, 7) is 7.26. The van der Waals surface area contributed by atoms with Crippen LogP contribution in [0.2, 0.25) is 0 Å². The summed E-state index contributed by atoms with van der Waals surface area (Å²) in [5.74, 6) is 0. The molecule has 10 aromatic rings. The van der Waals surface area contributed by atoms with Crippen LogP contribution in [0.5, 0.6) is 0 Å². The van der Waals surface area contributed by atoms with E-state index in [0.717, 1.165) is 17.8 Å². The first-order chi connectivity index (χ1) is 31.9. The number of nitrogens with zero attached hydrogens (tertiary/aromatic N) is 2. The number of hydrogen-bond donors (Lipinski definition) is 0. The van der Waals surface area contributed by atoms with E-state index in [9.17, 15) is 0 Å². The Morgan fingerprint density at radius 3 is 1.72 bits per heavy atom. The number of aromatic nitrogens is 1. The number of allylic oxidation sites excluding steroid dienone is 3. The lowest BCUT2D eigenvalue weighted by molar-refractivity contribution is 0.508. The van der Waals surface area contributed by atoms with E-state index in [2.05, 4.69) is 261 Å². The van der Waals surface area contributed by atoms with Crippen LogP contribution in [0, 0.1) is 0 Å². The van der Waals surface area contributed by atoms with Gasteiger partial charge in [0.1, 0.15) is 0 Å². The van der Waals surface area contributed by atoms with Crippen molar-refractivity contribution >= 4 is 67.8 Å². The van der Waals surface area contributed by atoms with Crippen LogP contribution in [0.4, 0.5) is 11.4 Å². The predicted octanol–water partition coefficient (Wildman–Crippen LogP) is 15.0. The number of benzene rings is 9. The average molecular weight is 853 g/mol. The lowest BCUT2D eigenvalue weighted by Gasteiger charge is -2.37. The fraction of sp³-hybridized carbons (Fsp3) is 0.0968. The van der Waals surface area contributed by atoms with Gasteiger partial charge in [-0.05, 0) is 130 Å². The summed E-state index contributed by atoms with van der Waals surface area (Å²) >= 11 is 0.